The molecule has 0 aliphatic carbocycles. The Morgan fingerprint density at radius 3 is 2.09 bits per heavy atom. The molecule has 0 radical (unpaired) electrons. The number of alkyl halides is 7. The standard InChI is InChI=1S/C30H19BrF9NO2/c31-20-8-4-7-19(14-20)28(16-17-5-2-1-3-6-17,22-11-10-21(15-25(22)33)43-30(39,40)27(34)35)41-26(42)18-9-12-24(32)23(13-18)29(36,37)38/h1-15,27H,16H2,(H,41,42). The molecule has 43 heavy (non-hydrogen) atoms. The van der Waals surface area contributed by atoms with Crippen molar-refractivity contribution in [3.63, 3.8) is 0 Å². The van der Waals surface area contributed by atoms with Crippen molar-refractivity contribution in [2.24, 2.45) is 0 Å². The van der Waals surface area contributed by atoms with Crippen LogP contribution < -0.4 is 10.1 Å². The summed E-state index contributed by atoms with van der Waals surface area (Å²) in [5.74, 6) is -5.00. The number of carbonyl (C=O) groups is 1. The van der Waals surface area contributed by atoms with E-state index in [1.54, 1.807) is 36.4 Å². The number of nitrogens with one attached hydrogen (secondary N) is 1. The van der Waals surface area contributed by atoms with Crippen LogP contribution >= 0.6 is 15.9 Å². The second kappa shape index (κ2) is 12.3. The Kier molecular flexibility index (Phi) is 9.14. The van der Waals surface area contributed by atoms with Crippen molar-refractivity contribution in [2.45, 2.75) is 30.7 Å². The number of carbonyl (C=O) groups excluding carboxylic acids is 1. The zero-order chi connectivity index (χ0) is 31.6. The molecule has 1 atom stereocenters. The van der Waals surface area contributed by atoms with E-state index in [-0.39, 0.29) is 17.5 Å². The minimum Gasteiger partial charge on any atom is -0.428 e. The van der Waals surface area contributed by atoms with Crippen LogP contribution in [-0.4, -0.2) is 18.4 Å². The molecule has 0 heterocycles. The highest BCUT2D eigenvalue weighted by Gasteiger charge is 2.45. The minimum atomic E-state index is -5.13. The van der Waals surface area contributed by atoms with Crippen LogP contribution in [0.15, 0.2) is 95.5 Å². The molecule has 0 saturated carbocycles. The van der Waals surface area contributed by atoms with E-state index >= 15 is 4.39 Å². The Bertz CT molecular complexity index is 1610. The van der Waals surface area contributed by atoms with E-state index in [0.717, 1.165) is 18.2 Å². The third-order valence-corrected chi connectivity index (χ3v) is 6.89. The molecule has 0 aliphatic rings. The molecule has 4 aromatic rings. The van der Waals surface area contributed by atoms with Crippen LogP contribution in [0.1, 0.15) is 32.6 Å². The van der Waals surface area contributed by atoms with Crippen molar-refractivity contribution in [3.8, 4) is 5.75 Å². The van der Waals surface area contributed by atoms with Gasteiger partial charge in [-0.2, -0.15) is 30.7 Å². The molecule has 1 unspecified atom stereocenters. The van der Waals surface area contributed by atoms with Crippen LogP contribution in [0.2, 0.25) is 0 Å². The highest BCUT2D eigenvalue weighted by atomic mass is 79.9. The minimum absolute atomic E-state index is 0.197. The monoisotopic (exact) mass is 675 g/mol. The largest absolute Gasteiger partial charge is 0.461 e. The van der Waals surface area contributed by atoms with Crippen LogP contribution in [0.3, 0.4) is 0 Å². The average Bonchev–Trinajstić information content (AvgIpc) is 2.92. The number of benzene rings is 4. The van der Waals surface area contributed by atoms with Crippen LogP contribution in [0, 0.1) is 11.6 Å². The summed E-state index contributed by atoms with van der Waals surface area (Å²) in [5.41, 5.74) is -3.93. The second-order valence-corrected chi connectivity index (χ2v) is 10.2. The Morgan fingerprint density at radius 1 is 0.791 bits per heavy atom. The quantitative estimate of drug-likeness (QED) is 0.180. The summed E-state index contributed by atoms with van der Waals surface area (Å²) in [6, 6.07) is 18.0. The van der Waals surface area contributed by atoms with Crippen molar-refractivity contribution in [1.29, 1.82) is 0 Å². The van der Waals surface area contributed by atoms with Crippen molar-refractivity contribution in [3.05, 3.63) is 135 Å². The summed E-state index contributed by atoms with van der Waals surface area (Å²) in [5, 5.41) is 2.58. The summed E-state index contributed by atoms with van der Waals surface area (Å²) < 4.78 is 127. The van der Waals surface area contributed by atoms with E-state index in [0.29, 0.717) is 28.2 Å². The molecule has 3 nitrogen and oxygen atoms in total. The van der Waals surface area contributed by atoms with E-state index in [2.05, 4.69) is 26.0 Å². The molecular formula is C30H19BrF9NO2. The Hall–Kier alpha value is -4.00. The molecular weight excluding hydrogens is 657 g/mol. The van der Waals surface area contributed by atoms with Gasteiger partial charge in [0, 0.05) is 28.1 Å². The van der Waals surface area contributed by atoms with Crippen LogP contribution in [0.5, 0.6) is 5.75 Å². The maximum Gasteiger partial charge on any atom is 0.461 e. The van der Waals surface area contributed by atoms with E-state index in [1.165, 1.54) is 18.2 Å². The number of hydrogen-bond acceptors (Lipinski definition) is 2. The zero-order valence-corrected chi connectivity index (χ0v) is 23.1. The molecule has 1 N–H and O–H groups in total. The van der Waals surface area contributed by atoms with Crippen LogP contribution in [0.25, 0.3) is 0 Å². The fourth-order valence-corrected chi connectivity index (χ4v) is 4.85. The lowest BCUT2D eigenvalue weighted by Crippen LogP contribution is -2.49. The SMILES string of the molecule is O=C(NC(Cc1ccccc1)(c1cccc(Br)c1)c1ccc(OC(F)(F)C(F)F)cc1F)c1ccc(F)c(C(F)(F)F)c1. The first kappa shape index (κ1) is 31.9. The van der Waals surface area contributed by atoms with Gasteiger partial charge in [-0.25, -0.2) is 8.78 Å². The lowest BCUT2D eigenvalue weighted by Gasteiger charge is -2.37. The maximum absolute atomic E-state index is 15.9. The molecule has 4 aromatic carbocycles. The molecule has 0 saturated heterocycles. The van der Waals surface area contributed by atoms with Gasteiger partial charge >= 0.3 is 18.7 Å². The van der Waals surface area contributed by atoms with Crippen molar-refractivity contribution in [1.82, 2.24) is 5.32 Å². The average molecular weight is 676 g/mol. The van der Waals surface area contributed by atoms with Gasteiger partial charge in [-0.3, -0.25) is 4.79 Å². The normalized spacial score (nSPS) is 13.5. The fraction of sp³-hybridized carbons (Fsp3) is 0.167. The lowest BCUT2D eigenvalue weighted by atomic mass is 9.77. The van der Waals surface area contributed by atoms with Gasteiger partial charge in [-0.15, -0.1) is 0 Å². The molecule has 1 amide bonds. The van der Waals surface area contributed by atoms with Gasteiger partial charge in [-0.1, -0.05) is 58.4 Å². The highest BCUT2D eigenvalue weighted by molar-refractivity contribution is 9.10. The summed E-state index contributed by atoms with van der Waals surface area (Å²) in [4.78, 5) is 13.6. The highest BCUT2D eigenvalue weighted by Crippen LogP contribution is 2.39. The third-order valence-electron chi connectivity index (χ3n) is 6.40. The number of hydrogen-bond donors (Lipinski definition) is 1. The van der Waals surface area contributed by atoms with Gasteiger partial charge in [0.15, 0.2) is 0 Å². The summed E-state index contributed by atoms with van der Waals surface area (Å²) in [6.45, 7) is 0. The van der Waals surface area contributed by atoms with Gasteiger partial charge in [0.25, 0.3) is 5.91 Å². The number of ether oxygens (including phenoxy) is 1. The summed E-state index contributed by atoms with van der Waals surface area (Å²) >= 11 is 3.29. The van der Waals surface area contributed by atoms with Gasteiger partial charge in [0.1, 0.15) is 17.4 Å². The third kappa shape index (κ3) is 7.15. The fourth-order valence-electron chi connectivity index (χ4n) is 4.45. The molecule has 0 bridgehead atoms. The predicted molar refractivity (Wildman–Crippen MR) is 142 cm³/mol. The topological polar surface area (TPSA) is 38.3 Å². The summed E-state index contributed by atoms with van der Waals surface area (Å²) in [6.07, 6.45) is -14.5. The smallest absolute Gasteiger partial charge is 0.428 e. The van der Waals surface area contributed by atoms with E-state index in [1.807, 2.05) is 0 Å². The van der Waals surface area contributed by atoms with Gasteiger partial charge in [0.05, 0.1) is 11.1 Å². The van der Waals surface area contributed by atoms with Crippen molar-refractivity contribution < 1.29 is 49.0 Å². The van der Waals surface area contributed by atoms with Gasteiger partial charge in [0.2, 0.25) is 0 Å². The molecule has 4 rings (SSSR count). The lowest BCUT2D eigenvalue weighted by molar-refractivity contribution is -0.253. The second-order valence-electron chi connectivity index (χ2n) is 9.33. The van der Waals surface area contributed by atoms with Crippen molar-refractivity contribution >= 4 is 21.8 Å². The maximum atomic E-state index is 15.9. The molecule has 0 spiro atoms. The first-order valence-electron chi connectivity index (χ1n) is 12.3. The Labute approximate surface area is 247 Å². The van der Waals surface area contributed by atoms with E-state index in [9.17, 15) is 39.9 Å². The van der Waals surface area contributed by atoms with E-state index in [4.69, 9.17) is 0 Å². The first-order chi connectivity index (χ1) is 20.1. The van der Waals surface area contributed by atoms with Crippen LogP contribution in [-0.2, 0) is 18.1 Å². The number of rotatable bonds is 9. The number of amides is 1. The van der Waals surface area contributed by atoms with Crippen LogP contribution in [0.4, 0.5) is 39.5 Å². The van der Waals surface area contributed by atoms with Gasteiger partial charge in [-0.05, 0) is 53.6 Å². The number of halogens is 10. The zero-order valence-electron chi connectivity index (χ0n) is 21.5. The Balaban J connectivity index is 1.92. The molecule has 13 heteroatoms. The molecule has 226 valence electrons. The summed E-state index contributed by atoms with van der Waals surface area (Å²) in [7, 11) is 0. The first-order valence-corrected chi connectivity index (χ1v) is 13.1. The van der Waals surface area contributed by atoms with E-state index < -0.39 is 58.7 Å². The molecule has 0 aliphatic heterocycles. The Morgan fingerprint density at radius 2 is 1.49 bits per heavy atom. The molecule has 0 aromatic heterocycles. The molecule has 0 fully saturated rings. The van der Waals surface area contributed by atoms with Gasteiger partial charge < -0.3 is 10.1 Å². The predicted octanol–water partition coefficient (Wildman–Crippen LogP) is 8.90. The van der Waals surface area contributed by atoms with Crippen molar-refractivity contribution in [2.75, 3.05) is 0 Å².